The Bertz CT molecular complexity index is 889. The van der Waals surface area contributed by atoms with Gasteiger partial charge in [-0.05, 0) is 43.2 Å². The Morgan fingerprint density at radius 3 is 2.28 bits per heavy atom. The predicted octanol–water partition coefficient (Wildman–Crippen LogP) is 3.73. The zero-order valence-corrected chi connectivity index (χ0v) is 16.6. The van der Waals surface area contributed by atoms with E-state index in [9.17, 15) is 19.5 Å². The van der Waals surface area contributed by atoms with Crippen molar-refractivity contribution in [1.29, 1.82) is 0 Å². The number of carbonyl (C=O) groups excluding carboxylic acids is 2. The molecule has 0 atom stereocenters. The van der Waals surface area contributed by atoms with Crippen LogP contribution in [0.4, 0.5) is 5.69 Å². The van der Waals surface area contributed by atoms with Crippen molar-refractivity contribution in [2.75, 3.05) is 18.5 Å². The number of amides is 2. The summed E-state index contributed by atoms with van der Waals surface area (Å²) in [5.41, 5.74) is 0.603. The number of benzene rings is 2. The Balaban J connectivity index is 1.71. The highest BCUT2D eigenvalue weighted by Gasteiger charge is 2.39. The molecule has 0 aliphatic heterocycles. The summed E-state index contributed by atoms with van der Waals surface area (Å²) in [7, 11) is 1.68. The largest absolute Gasteiger partial charge is 0.481 e. The summed E-state index contributed by atoms with van der Waals surface area (Å²) >= 11 is 0. The van der Waals surface area contributed by atoms with Crippen LogP contribution in [0.5, 0.6) is 0 Å². The second-order valence-corrected chi connectivity index (χ2v) is 7.61. The number of hydrogen-bond acceptors (Lipinski definition) is 3. The van der Waals surface area contributed by atoms with Crippen molar-refractivity contribution in [3.05, 3.63) is 65.7 Å². The first kappa shape index (κ1) is 20.6. The standard InChI is InChI=1S/C23H26N2O4/c1-25(19-11-4-2-5-12-19)21(27)18-10-8-9-17(15-18)20(26)24-16-23(22(28)29)13-6-3-7-14-23/h2,4-5,8-12,15H,3,6-7,13-14,16H2,1H3,(H,24,26)(H,28,29). The van der Waals surface area contributed by atoms with Crippen molar-refractivity contribution in [3.63, 3.8) is 0 Å². The highest BCUT2D eigenvalue weighted by Crippen LogP contribution is 2.36. The first-order valence-electron chi connectivity index (χ1n) is 9.88. The molecule has 0 saturated heterocycles. The zero-order valence-electron chi connectivity index (χ0n) is 16.6. The van der Waals surface area contributed by atoms with Crippen LogP contribution in [0.1, 0.15) is 52.8 Å². The molecule has 29 heavy (non-hydrogen) atoms. The first-order chi connectivity index (χ1) is 13.9. The van der Waals surface area contributed by atoms with Crippen LogP contribution in [0.25, 0.3) is 0 Å². The number of para-hydroxylation sites is 1. The van der Waals surface area contributed by atoms with Gasteiger partial charge in [0, 0.05) is 30.4 Å². The van der Waals surface area contributed by atoms with Crippen molar-refractivity contribution in [1.82, 2.24) is 5.32 Å². The maximum Gasteiger partial charge on any atom is 0.311 e. The average molecular weight is 394 g/mol. The maximum absolute atomic E-state index is 12.8. The van der Waals surface area contributed by atoms with E-state index in [2.05, 4.69) is 5.32 Å². The van der Waals surface area contributed by atoms with Gasteiger partial charge in [-0.3, -0.25) is 14.4 Å². The molecule has 1 fully saturated rings. The Morgan fingerprint density at radius 2 is 1.62 bits per heavy atom. The van der Waals surface area contributed by atoms with Crippen LogP contribution in [-0.2, 0) is 4.79 Å². The molecule has 0 bridgehead atoms. The second-order valence-electron chi connectivity index (χ2n) is 7.61. The highest BCUT2D eigenvalue weighted by molar-refractivity contribution is 6.07. The van der Waals surface area contributed by atoms with Gasteiger partial charge in [-0.1, -0.05) is 43.5 Å². The summed E-state index contributed by atoms with van der Waals surface area (Å²) in [5, 5.41) is 12.4. The Morgan fingerprint density at radius 1 is 0.966 bits per heavy atom. The number of carboxylic acids is 1. The van der Waals surface area contributed by atoms with Gasteiger partial charge in [-0.15, -0.1) is 0 Å². The van der Waals surface area contributed by atoms with Crippen molar-refractivity contribution in [2.45, 2.75) is 32.1 Å². The molecule has 0 heterocycles. The van der Waals surface area contributed by atoms with E-state index in [-0.39, 0.29) is 18.4 Å². The fourth-order valence-electron chi connectivity index (χ4n) is 3.80. The van der Waals surface area contributed by atoms with Crippen molar-refractivity contribution < 1.29 is 19.5 Å². The van der Waals surface area contributed by atoms with E-state index in [1.165, 1.54) is 4.90 Å². The number of aliphatic carboxylic acids is 1. The van der Waals surface area contributed by atoms with Gasteiger partial charge in [0.15, 0.2) is 0 Å². The van der Waals surface area contributed by atoms with Crippen LogP contribution in [0.2, 0.25) is 0 Å². The lowest BCUT2D eigenvalue weighted by molar-refractivity contribution is -0.150. The number of carboxylic acid groups (broad SMARTS) is 1. The minimum Gasteiger partial charge on any atom is -0.481 e. The van der Waals surface area contributed by atoms with Gasteiger partial charge in [-0.2, -0.15) is 0 Å². The van der Waals surface area contributed by atoms with E-state index < -0.39 is 11.4 Å². The third-order valence-electron chi connectivity index (χ3n) is 5.67. The number of carbonyl (C=O) groups is 3. The number of nitrogens with one attached hydrogen (secondary N) is 1. The first-order valence-corrected chi connectivity index (χ1v) is 9.88. The fourth-order valence-corrected chi connectivity index (χ4v) is 3.80. The van der Waals surface area contributed by atoms with Crippen LogP contribution in [-0.4, -0.2) is 36.5 Å². The molecule has 2 N–H and O–H groups in total. The molecule has 2 aromatic carbocycles. The molecule has 2 amide bonds. The quantitative estimate of drug-likeness (QED) is 0.782. The zero-order chi connectivity index (χ0) is 20.9. The molecular formula is C23H26N2O4. The molecular weight excluding hydrogens is 368 g/mol. The molecule has 2 aromatic rings. The van der Waals surface area contributed by atoms with E-state index in [0.717, 1.165) is 24.9 Å². The molecule has 0 spiro atoms. The SMILES string of the molecule is CN(C(=O)c1cccc(C(=O)NCC2(C(=O)O)CCCCC2)c1)c1ccccc1. The van der Waals surface area contributed by atoms with Gasteiger partial charge in [0.05, 0.1) is 5.41 Å². The summed E-state index contributed by atoms with van der Waals surface area (Å²) in [6, 6.07) is 15.8. The summed E-state index contributed by atoms with van der Waals surface area (Å²) in [4.78, 5) is 38.7. The van der Waals surface area contributed by atoms with E-state index in [1.807, 2.05) is 30.3 Å². The van der Waals surface area contributed by atoms with Crippen LogP contribution in [0.15, 0.2) is 54.6 Å². The normalized spacial score (nSPS) is 15.3. The lowest BCUT2D eigenvalue weighted by Crippen LogP contribution is -2.44. The fraction of sp³-hybridized carbons (Fsp3) is 0.348. The third-order valence-corrected chi connectivity index (χ3v) is 5.67. The van der Waals surface area contributed by atoms with E-state index >= 15 is 0 Å². The second kappa shape index (κ2) is 8.90. The predicted molar refractivity (Wildman–Crippen MR) is 111 cm³/mol. The monoisotopic (exact) mass is 394 g/mol. The molecule has 6 heteroatoms. The van der Waals surface area contributed by atoms with Crippen LogP contribution >= 0.6 is 0 Å². The Kier molecular flexibility index (Phi) is 6.32. The van der Waals surface area contributed by atoms with Gasteiger partial charge >= 0.3 is 5.97 Å². The lowest BCUT2D eigenvalue weighted by atomic mass is 9.74. The minimum absolute atomic E-state index is 0.100. The topological polar surface area (TPSA) is 86.7 Å². The smallest absolute Gasteiger partial charge is 0.311 e. The van der Waals surface area contributed by atoms with Gasteiger partial charge in [-0.25, -0.2) is 0 Å². The molecule has 1 saturated carbocycles. The summed E-state index contributed by atoms with van der Waals surface area (Å²) in [5.74, 6) is -1.45. The highest BCUT2D eigenvalue weighted by atomic mass is 16.4. The average Bonchev–Trinajstić information content (AvgIpc) is 2.77. The lowest BCUT2D eigenvalue weighted by Gasteiger charge is -2.33. The number of anilines is 1. The Labute approximate surface area is 170 Å². The summed E-state index contributed by atoms with van der Waals surface area (Å²) < 4.78 is 0. The molecule has 3 rings (SSSR count). The number of hydrogen-bond donors (Lipinski definition) is 2. The van der Waals surface area contributed by atoms with Crippen LogP contribution in [0.3, 0.4) is 0 Å². The maximum atomic E-state index is 12.8. The van der Waals surface area contributed by atoms with Gasteiger partial charge < -0.3 is 15.3 Å². The number of nitrogens with zero attached hydrogens (tertiary/aromatic N) is 1. The molecule has 152 valence electrons. The summed E-state index contributed by atoms with van der Waals surface area (Å²) in [6.07, 6.45) is 3.89. The molecule has 6 nitrogen and oxygen atoms in total. The number of rotatable bonds is 6. The van der Waals surface area contributed by atoms with Crippen molar-refractivity contribution >= 4 is 23.5 Å². The van der Waals surface area contributed by atoms with E-state index in [1.54, 1.807) is 31.3 Å². The molecule has 0 radical (unpaired) electrons. The van der Waals surface area contributed by atoms with Gasteiger partial charge in [0.1, 0.15) is 0 Å². The van der Waals surface area contributed by atoms with Crippen molar-refractivity contribution in [3.8, 4) is 0 Å². The molecule has 1 aliphatic rings. The molecule has 1 aliphatic carbocycles. The van der Waals surface area contributed by atoms with Crippen LogP contribution in [0, 0.1) is 5.41 Å². The third kappa shape index (κ3) is 4.65. The Hall–Kier alpha value is -3.15. The van der Waals surface area contributed by atoms with Crippen molar-refractivity contribution in [2.24, 2.45) is 5.41 Å². The minimum atomic E-state index is -0.894. The van der Waals surface area contributed by atoms with Crippen LogP contribution < -0.4 is 10.2 Å². The molecule has 0 aromatic heterocycles. The summed E-state index contributed by atoms with van der Waals surface area (Å²) in [6.45, 7) is 0.100. The molecule has 0 unspecified atom stereocenters. The van der Waals surface area contributed by atoms with Gasteiger partial charge in [0.2, 0.25) is 0 Å². The van der Waals surface area contributed by atoms with E-state index in [4.69, 9.17) is 0 Å². The van der Waals surface area contributed by atoms with Gasteiger partial charge in [0.25, 0.3) is 11.8 Å². The van der Waals surface area contributed by atoms with E-state index in [0.29, 0.717) is 24.0 Å².